The molecule has 0 aliphatic carbocycles. The van der Waals surface area contributed by atoms with Gasteiger partial charge in [0, 0.05) is 30.0 Å². The number of aromatic nitrogens is 1. The lowest BCUT2D eigenvalue weighted by Crippen LogP contribution is -2.36. The van der Waals surface area contributed by atoms with E-state index in [1.165, 1.54) is 23.5 Å². The number of nitrogens with zero attached hydrogens (tertiary/aromatic N) is 1. The number of hydrogen-bond donors (Lipinski definition) is 1. The van der Waals surface area contributed by atoms with E-state index in [9.17, 15) is 0 Å². The first-order valence-electron chi connectivity index (χ1n) is 6.76. The van der Waals surface area contributed by atoms with Gasteiger partial charge >= 0.3 is 0 Å². The molecule has 2 heterocycles. The summed E-state index contributed by atoms with van der Waals surface area (Å²) in [4.78, 5) is 4.70. The highest BCUT2D eigenvalue weighted by atomic mass is 32.1. The van der Waals surface area contributed by atoms with Gasteiger partial charge in [0.05, 0.1) is 11.8 Å². The summed E-state index contributed by atoms with van der Waals surface area (Å²) in [6.07, 6.45) is 2.76. The van der Waals surface area contributed by atoms with Crippen molar-refractivity contribution < 1.29 is 4.74 Å². The van der Waals surface area contributed by atoms with Gasteiger partial charge < -0.3 is 10.1 Å². The van der Waals surface area contributed by atoms with Gasteiger partial charge in [0.2, 0.25) is 0 Å². The maximum Gasteiger partial charge on any atom is 0.107 e. The predicted molar refractivity (Wildman–Crippen MR) is 76.1 cm³/mol. The Hall–Kier alpha value is -0.450. The van der Waals surface area contributed by atoms with E-state index in [2.05, 4.69) is 38.4 Å². The molecule has 0 saturated carbocycles. The summed E-state index contributed by atoms with van der Waals surface area (Å²) < 4.78 is 5.68. The van der Waals surface area contributed by atoms with Crippen molar-refractivity contribution in [3.8, 4) is 0 Å². The molecule has 1 saturated heterocycles. The fourth-order valence-electron chi connectivity index (χ4n) is 2.11. The van der Waals surface area contributed by atoms with Crippen LogP contribution in [0.4, 0.5) is 0 Å². The molecule has 0 radical (unpaired) electrons. The number of thiazole rings is 1. The lowest BCUT2D eigenvalue weighted by atomic mass is 9.93. The highest BCUT2D eigenvalue weighted by molar-refractivity contribution is 7.09. The maximum atomic E-state index is 5.68. The average Bonchev–Trinajstić information content (AvgIpc) is 2.96. The van der Waals surface area contributed by atoms with Gasteiger partial charge in [0.15, 0.2) is 0 Å². The zero-order chi connectivity index (χ0) is 13.2. The number of ether oxygens (including phenoxy) is 1. The molecule has 102 valence electrons. The minimum Gasteiger partial charge on any atom is -0.377 e. The molecule has 1 aliphatic heterocycles. The third-order valence-corrected chi connectivity index (χ3v) is 4.27. The summed E-state index contributed by atoms with van der Waals surface area (Å²) in [7, 11) is 0. The first-order chi connectivity index (χ1) is 8.47. The fourth-order valence-corrected chi connectivity index (χ4v) is 3.08. The molecular formula is C14H24N2OS. The van der Waals surface area contributed by atoms with Gasteiger partial charge in [0.1, 0.15) is 5.01 Å². The molecular weight excluding hydrogens is 244 g/mol. The second-order valence-electron chi connectivity index (χ2n) is 6.10. The second-order valence-corrected chi connectivity index (χ2v) is 7.04. The molecule has 1 aliphatic rings. The summed E-state index contributed by atoms with van der Waals surface area (Å²) in [6.45, 7) is 10.6. The van der Waals surface area contributed by atoms with Crippen LogP contribution in [-0.4, -0.2) is 23.7 Å². The standard InChI is InChI=1S/C14H24N2OS/c1-10(11-6-5-7-17-11)15-8-13-16-12(9-18-13)14(2,3)4/h9-11,15H,5-8H2,1-4H3. The van der Waals surface area contributed by atoms with E-state index in [0.717, 1.165) is 13.2 Å². The predicted octanol–water partition coefficient (Wildman–Crippen LogP) is 3.10. The van der Waals surface area contributed by atoms with E-state index in [0.29, 0.717) is 12.1 Å². The topological polar surface area (TPSA) is 34.2 Å². The second kappa shape index (κ2) is 5.68. The van der Waals surface area contributed by atoms with E-state index in [4.69, 9.17) is 9.72 Å². The smallest absolute Gasteiger partial charge is 0.107 e. The minimum atomic E-state index is 0.148. The molecule has 0 spiro atoms. The van der Waals surface area contributed by atoms with Crippen LogP contribution >= 0.6 is 11.3 Å². The molecule has 3 nitrogen and oxygen atoms in total. The van der Waals surface area contributed by atoms with Gasteiger partial charge in [-0.1, -0.05) is 20.8 Å². The van der Waals surface area contributed by atoms with Crippen LogP contribution in [0.3, 0.4) is 0 Å². The van der Waals surface area contributed by atoms with Crippen LogP contribution < -0.4 is 5.32 Å². The average molecular weight is 268 g/mol. The van der Waals surface area contributed by atoms with E-state index in [-0.39, 0.29) is 5.41 Å². The molecule has 2 unspecified atom stereocenters. The number of hydrogen-bond acceptors (Lipinski definition) is 4. The van der Waals surface area contributed by atoms with E-state index >= 15 is 0 Å². The molecule has 2 rings (SSSR count). The van der Waals surface area contributed by atoms with Crippen LogP contribution in [0.15, 0.2) is 5.38 Å². The summed E-state index contributed by atoms with van der Waals surface area (Å²) >= 11 is 1.75. The Kier molecular flexibility index (Phi) is 4.41. The van der Waals surface area contributed by atoms with Crippen molar-refractivity contribution >= 4 is 11.3 Å². The third-order valence-electron chi connectivity index (χ3n) is 3.42. The van der Waals surface area contributed by atoms with Crippen molar-refractivity contribution in [2.45, 2.75) is 64.6 Å². The van der Waals surface area contributed by atoms with Crippen LogP contribution in [-0.2, 0) is 16.7 Å². The van der Waals surface area contributed by atoms with Gasteiger partial charge in [0.25, 0.3) is 0 Å². The van der Waals surface area contributed by atoms with Crippen molar-refractivity contribution in [3.63, 3.8) is 0 Å². The van der Waals surface area contributed by atoms with Gasteiger partial charge in [-0.15, -0.1) is 11.3 Å². The normalized spacial score (nSPS) is 22.3. The first-order valence-corrected chi connectivity index (χ1v) is 7.64. The quantitative estimate of drug-likeness (QED) is 0.911. The van der Waals surface area contributed by atoms with Crippen molar-refractivity contribution in [1.82, 2.24) is 10.3 Å². The molecule has 18 heavy (non-hydrogen) atoms. The van der Waals surface area contributed by atoms with Crippen molar-refractivity contribution in [2.75, 3.05) is 6.61 Å². The Labute approximate surface area is 114 Å². The van der Waals surface area contributed by atoms with Crippen molar-refractivity contribution in [3.05, 3.63) is 16.1 Å². The molecule has 4 heteroatoms. The Bertz CT molecular complexity index is 377. The van der Waals surface area contributed by atoms with Crippen LogP contribution in [0.25, 0.3) is 0 Å². The third kappa shape index (κ3) is 3.53. The van der Waals surface area contributed by atoms with E-state index in [1.807, 2.05) is 0 Å². The molecule has 0 aromatic carbocycles. The lowest BCUT2D eigenvalue weighted by molar-refractivity contribution is 0.0832. The molecule has 2 atom stereocenters. The lowest BCUT2D eigenvalue weighted by Gasteiger charge is -2.19. The highest BCUT2D eigenvalue weighted by Gasteiger charge is 2.22. The van der Waals surface area contributed by atoms with E-state index in [1.54, 1.807) is 11.3 Å². The molecule has 1 aromatic rings. The minimum absolute atomic E-state index is 0.148. The van der Waals surface area contributed by atoms with E-state index < -0.39 is 0 Å². The Morgan fingerprint density at radius 3 is 2.89 bits per heavy atom. The number of nitrogens with one attached hydrogen (secondary N) is 1. The van der Waals surface area contributed by atoms with Gasteiger partial charge in [-0.25, -0.2) is 4.98 Å². The van der Waals surface area contributed by atoms with Crippen LogP contribution in [0.2, 0.25) is 0 Å². The molecule has 0 amide bonds. The number of rotatable bonds is 4. The summed E-state index contributed by atoms with van der Waals surface area (Å²) in [5.41, 5.74) is 1.34. The Balaban J connectivity index is 1.84. The maximum absolute atomic E-state index is 5.68. The summed E-state index contributed by atoms with van der Waals surface area (Å²) in [5.74, 6) is 0. The Morgan fingerprint density at radius 2 is 2.33 bits per heavy atom. The summed E-state index contributed by atoms with van der Waals surface area (Å²) in [5, 5.41) is 6.87. The largest absolute Gasteiger partial charge is 0.377 e. The van der Waals surface area contributed by atoms with Gasteiger partial charge in [-0.2, -0.15) is 0 Å². The van der Waals surface area contributed by atoms with Crippen LogP contribution in [0.1, 0.15) is 51.2 Å². The monoisotopic (exact) mass is 268 g/mol. The SMILES string of the molecule is CC(NCc1nc(C(C)(C)C)cs1)C1CCCO1. The zero-order valence-electron chi connectivity index (χ0n) is 11.8. The molecule has 1 fully saturated rings. The molecule has 1 N–H and O–H groups in total. The van der Waals surface area contributed by atoms with Crippen molar-refractivity contribution in [1.29, 1.82) is 0 Å². The van der Waals surface area contributed by atoms with Gasteiger partial charge in [-0.05, 0) is 19.8 Å². The van der Waals surface area contributed by atoms with Crippen molar-refractivity contribution in [2.24, 2.45) is 0 Å². The Morgan fingerprint density at radius 1 is 1.56 bits per heavy atom. The fraction of sp³-hybridized carbons (Fsp3) is 0.786. The van der Waals surface area contributed by atoms with Crippen LogP contribution in [0, 0.1) is 0 Å². The van der Waals surface area contributed by atoms with Gasteiger partial charge in [-0.3, -0.25) is 0 Å². The highest BCUT2D eigenvalue weighted by Crippen LogP contribution is 2.24. The molecule has 1 aromatic heterocycles. The zero-order valence-corrected chi connectivity index (χ0v) is 12.6. The first kappa shape index (κ1) is 14.0. The summed E-state index contributed by atoms with van der Waals surface area (Å²) in [6, 6.07) is 0.412. The van der Waals surface area contributed by atoms with Crippen LogP contribution in [0.5, 0.6) is 0 Å². The molecule has 0 bridgehead atoms.